The smallest absolute Gasteiger partial charge is 0.380 e. The second-order valence-corrected chi connectivity index (χ2v) is 16.0. The normalized spacial score (nSPS) is 18.3. The fourth-order valence-corrected chi connectivity index (χ4v) is 8.80. The maximum Gasteiger partial charge on any atom is 0.389 e. The van der Waals surface area contributed by atoms with Crippen LogP contribution >= 0.6 is 0 Å². The third-order valence-corrected chi connectivity index (χ3v) is 12.0. The molecule has 3 aliphatic rings. The number of nitrogens with zero attached hydrogens (tertiary/aromatic N) is 6. The Morgan fingerprint density at radius 1 is 1.02 bits per heavy atom. The number of pyridine rings is 1. The predicted octanol–water partition coefficient (Wildman–Crippen LogP) is 5.65. The van der Waals surface area contributed by atoms with Crippen LogP contribution in [0.25, 0.3) is 33.8 Å². The minimum absolute atomic E-state index is 0.113. The van der Waals surface area contributed by atoms with Crippen LogP contribution in [0.15, 0.2) is 67.0 Å². The van der Waals surface area contributed by atoms with Crippen LogP contribution in [0.3, 0.4) is 0 Å². The van der Waals surface area contributed by atoms with E-state index >= 15 is 4.39 Å². The molecule has 1 unspecified atom stereocenters. The van der Waals surface area contributed by atoms with Gasteiger partial charge < -0.3 is 20.9 Å². The molecule has 1 atom stereocenters. The number of para-hydroxylation sites is 1. The summed E-state index contributed by atoms with van der Waals surface area (Å²) < 4.78 is 17.3. The van der Waals surface area contributed by atoms with Crippen molar-refractivity contribution in [3.63, 3.8) is 0 Å². The van der Waals surface area contributed by atoms with Crippen LogP contribution in [0.4, 0.5) is 15.9 Å². The second-order valence-electron chi connectivity index (χ2n) is 16.0. The molecule has 13 heteroatoms. The zero-order chi connectivity index (χ0) is 40.0. The summed E-state index contributed by atoms with van der Waals surface area (Å²) in [6.45, 7) is 3.72. The van der Waals surface area contributed by atoms with Crippen molar-refractivity contribution in [3.8, 4) is 11.3 Å². The lowest BCUT2D eigenvalue weighted by atomic mass is 9.90. The first kappa shape index (κ1) is 39.0. The quantitative estimate of drug-likeness (QED) is 0.129. The number of nitrogens with one attached hydrogen (secondary N) is 2. The molecule has 300 valence electrons. The van der Waals surface area contributed by atoms with E-state index in [-0.39, 0.29) is 36.0 Å². The summed E-state index contributed by atoms with van der Waals surface area (Å²) in [7, 11) is 0. The summed E-state index contributed by atoms with van der Waals surface area (Å²) in [6.07, 6.45) is 20.1. The average molecular weight is 785 g/mol. The first-order valence-electron chi connectivity index (χ1n) is 20.7. The van der Waals surface area contributed by atoms with Crippen LogP contribution in [0.5, 0.6) is 0 Å². The molecule has 3 aromatic heterocycles. The number of anilines is 2. The first-order chi connectivity index (χ1) is 28.3. The van der Waals surface area contributed by atoms with Crippen LogP contribution in [0.2, 0.25) is 0 Å². The maximum atomic E-state index is 15.5. The van der Waals surface area contributed by atoms with Gasteiger partial charge in [-0.25, -0.2) is 9.37 Å². The standard InChI is InChI=1S/C45H50FN9O3/c46-37-25-31(36-14-16-40(56)52-45(36)58)13-15-39(37)54-22-17-30(18-23-54)28-53(21-19-41(57)51-34-9-2-1-3-10-34)20-7-6-11-35-27-49-44(47)43-42(50-29-55(35)43)33-24-32-8-4-5-12-38(32)48-26-33/h4-6,8,11-13,15,24-27,30,34,36H,1-3,7,9-10,14,16-23,28H2,(H3-,47,49,51,52,56,57,58)/p+1/b11-6+. The number of nitrogens with two attached hydrogens (primary N) is 1. The maximum absolute atomic E-state index is 15.5. The van der Waals surface area contributed by atoms with Crippen molar-refractivity contribution in [1.82, 2.24) is 29.9 Å². The number of hydrogen-bond donors (Lipinski definition) is 3. The number of imide groups is 1. The number of hydrogen-bond acceptors (Lipinski definition) is 8. The minimum Gasteiger partial charge on any atom is -0.380 e. The third kappa shape index (κ3) is 8.97. The number of carbonyl (C=O) groups excluding carboxylic acids is 3. The number of halogens is 1. The third-order valence-electron chi connectivity index (χ3n) is 12.0. The molecule has 0 radical (unpaired) electrons. The van der Waals surface area contributed by atoms with Crippen molar-refractivity contribution >= 4 is 51.7 Å². The Balaban J connectivity index is 0.908. The highest BCUT2D eigenvalue weighted by Crippen LogP contribution is 2.32. The molecule has 1 aliphatic carbocycles. The molecule has 5 heterocycles. The first-order valence-corrected chi connectivity index (χ1v) is 20.7. The average Bonchev–Trinajstić information content (AvgIpc) is 3.69. The summed E-state index contributed by atoms with van der Waals surface area (Å²) in [5, 5.41) is 6.66. The summed E-state index contributed by atoms with van der Waals surface area (Å²) in [5.41, 5.74) is 11.4. The molecule has 58 heavy (non-hydrogen) atoms. The van der Waals surface area contributed by atoms with Gasteiger partial charge in [0.05, 0.1) is 28.9 Å². The second kappa shape index (κ2) is 17.7. The highest BCUT2D eigenvalue weighted by Gasteiger charge is 2.30. The molecule has 5 aromatic rings. The summed E-state index contributed by atoms with van der Waals surface area (Å²) >= 11 is 0. The van der Waals surface area contributed by atoms with Gasteiger partial charge in [-0.2, -0.15) is 0 Å². The summed E-state index contributed by atoms with van der Waals surface area (Å²) in [5.74, 6) is -0.630. The SMILES string of the molecule is Nc1ncc(/C=C/CCN(CCC(=O)NC2CCCCC2)CC2CCN(c3ccc(C4CCC(=O)NC4=O)cc3F)CC2)n2c#[n+]c(-c3cnc4ccccc4c3)c12. The van der Waals surface area contributed by atoms with Gasteiger partial charge >= 0.3 is 6.33 Å². The van der Waals surface area contributed by atoms with Crippen molar-refractivity contribution in [2.75, 3.05) is 43.4 Å². The Bertz CT molecular complexity index is 2310. The number of fused-ring (bicyclic) bond motifs is 2. The van der Waals surface area contributed by atoms with Crippen molar-refractivity contribution in [2.45, 2.75) is 82.6 Å². The van der Waals surface area contributed by atoms with Gasteiger partial charge in [-0.1, -0.05) is 49.6 Å². The van der Waals surface area contributed by atoms with E-state index in [2.05, 4.69) is 53.9 Å². The van der Waals surface area contributed by atoms with E-state index in [0.29, 0.717) is 66.7 Å². The summed E-state index contributed by atoms with van der Waals surface area (Å²) in [6, 6.07) is 15.3. The van der Waals surface area contributed by atoms with Crippen molar-refractivity contribution in [1.29, 1.82) is 0 Å². The number of nitrogen functional groups attached to an aromatic ring is 1. The molecular formula is C45H51FN9O3+. The highest BCUT2D eigenvalue weighted by atomic mass is 19.1. The van der Waals surface area contributed by atoms with Gasteiger partial charge in [-0.3, -0.25) is 24.7 Å². The molecule has 12 nitrogen and oxygen atoms in total. The fraction of sp³-hybridized carbons (Fsp3) is 0.422. The number of rotatable bonds is 13. The zero-order valence-electron chi connectivity index (χ0n) is 32.8. The number of amides is 3. The molecule has 1 saturated carbocycles. The van der Waals surface area contributed by atoms with Crippen molar-refractivity contribution < 1.29 is 23.8 Å². The van der Waals surface area contributed by atoms with Crippen LogP contribution in [0.1, 0.15) is 87.8 Å². The van der Waals surface area contributed by atoms with E-state index in [9.17, 15) is 14.4 Å². The number of piperidine rings is 2. The van der Waals surface area contributed by atoms with Gasteiger partial charge in [0, 0.05) is 63.2 Å². The molecule has 2 saturated heterocycles. The predicted molar refractivity (Wildman–Crippen MR) is 221 cm³/mol. The van der Waals surface area contributed by atoms with Crippen LogP contribution < -0.4 is 26.3 Å². The molecule has 0 spiro atoms. The van der Waals surface area contributed by atoms with Crippen LogP contribution in [-0.4, -0.2) is 75.8 Å². The molecule has 3 amide bonds. The van der Waals surface area contributed by atoms with E-state index in [1.807, 2.05) is 40.8 Å². The van der Waals surface area contributed by atoms with Crippen LogP contribution in [0, 0.1) is 18.1 Å². The van der Waals surface area contributed by atoms with Crippen molar-refractivity contribution in [2.24, 2.45) is 5.92 Å². The monoisotopic (exact) mass is 784 g/mol. The largest absolute Gasteiger partial charge is 0.389 e. The zero-order valence-corrected chi connectivity index (χ0v) is 32.8. The minimum atomic E-state index is -0.516. The molecule has 3 fully saturated rings. The van der Waals surface area contributed by atoms with E-state index in [1.165, 1.54) is 25.3 Å². The van der Waals surface area contributed by atoms with E-state index in [1.54, 1.807) is 18.5 Å². The molecular weight excluding hydrogens is 734 g/mol. The van der Waals surface area contributed by atoms with Gasteiger partial charge in [-0.15, -0.1) is 9.38 Å². The van der Waals surface area contributed by atoms with Crippen molar-refractivity contribution in [3.05, 3.63) is 90.4 Å². The van der Waals surface area contributed by atoms with Crippen LogP contribution in [-0.2, 0) is 14.4 Å². The van der Waals surface area contributed by atoms with Gasteiger partial charge in [0.25, 0.3) is 5.69 Å². The Kier molecular flexibility index (Phi) is 11.9. The molecule has 8 rings (SSSR count). The lowest BCUT2D eigenvalue weighted by Crippen LogP contribution is -2.41. The Morgan fingerprint density at radius 2 is 1.84 bits per heavy atom. The highest BCUT2D eigenvalue weighted by molar-refractivity contribution is 6.01. The van der Waals surface area contributed by atoms with Gasteiger partial charge in [-0.05, 0) is 80.3 Å². The van der Waals surface area contributed by atoms with E-state index in [4.69, 9.17) is 5.73 Å². The number of benzene rings is 2. The van der Waals surface area contributed by atoms with Gasteiger partial charge in [0.1, 0.15) is 5.82 Å². The van der Waals surface area contributed by atoms with E-state index in [0.717, 1.165) is 67.4 Å². The number of aromatic nitrogens is 4. The summed E-state index contributed by atoms with van der Waals surface area (Å²) in [4.78, 5) is 55.2. The Hall–Kier alpha value is -5.87. The molecule has 4 N–H and O–H groups in total. The molecule has 2 aliphatic heterocycles. The van der Waals surface area contributed by atoms with E-state index < -0.39 is 5.92 Å². The van der Waals surface area contributed by atoms with Gasteiger partial charge in [0.2, 0.25) is 23.2 Å². The van der Waals surface area contributed by atoms with Gasteiger partial charge in [0.15, 0.2) is 11.5 Å². The Morgan fingerprint density at radius 3 is 2.66 bits per heavy atom. The number of carbonyl (C=O) groups is 3. The topological polar surface area (TPSA) is 152 Å². The lowest BCUT2D eigenvalue weighted by Gasteiger charge is -2.36. The molecule has 2 aromatic carbocycles. The molecule has 0 bridgehead atoms. The fourth-order valence-electron chi connectivity index (χ4n) is 8.80. The lowest BCUT2D eigenvalue weighted by molar-refractivity contribution is -0.277. The Labute approximate surface area is 338 Å².